The Bertz CT molecular complexity index is 707. The van der Waals surface area contributed by atoms with Gasteiger partial charge in [-0.3, -0.25) is 4.79 Å². The van der Waals surface area contributed by atoms with Crippen LogP contribution in [0.25, 0.3) is 0 Å². The molecule has 0 heterocycles. The lowest BCUT2D eigenvalue weighted by atomic mass is 9.74. The zero-order valence-corrected chi connectivity index (χ0v) is 17.6. The van der Waals surface area contributed by atoms with E-state index in [1.807, 2.05) is 13.8 Å². The van der Waals surface area contributed by atoms with E-state index in [-0.39, 0.29) is 11.9 Å². The lowest BCUT2D eigenvalue weighted by molar-refractivity contribution is -0.151. The topological polar surface area (TPSA) is 26.3 Å². The minimum atomic E-state index is -0.528. The quantitative estimate of drug-likeness (QED) is 0.354. The van der Waals surface area contributed by atoms with Crippen LogP contribution in [-0.4, -0.2) is 13.1 Å². The summed E-state index contributed by atoms with van der Waals surface area (Å²) < 4.78 is 5.05. The first-order valence-electron chi connectivity index (χ1n) is 9.69. The Balaban J connectivity index is 2.31. The highest BCUT2D eigenvalue weighted by molar-refractivity contribution is 6.17. The molecule has 146 valence electrons. The van der Waals surface area contributed by atoms with Gasteiger partial charge in [-0.1, -0.05) is 61.5 Å². The molecular formula is C24H31ClO2. The Morgan fingerprint density at radius 1 is 1.00 bits per heavy atom. The van der Waals surface area contributed by atoms with Gasteiger partial charge in [0.15, 0.2) is 0 Å². The van der Waals surface area contributed by atoms with Gasteiger partial charge >= 0.3 is 5.97 Å². The molecule has 2 unspecified atom stereocenters. The van der Waals surface area contributed by atoms with Gasteiger partial charge in [0.1, 0.15) is 0 Å². The molecule has 0 fully saturated rings. The fourth-order valence-corrected chi connectivity index (χ4v) is 3.98. The predicted octanol–water partition coefficient (Wildman–Crippen LogP) is 6.68. The second-order valence-corrected chi connectivity index (χ2v) is 8.17. The molecule has 0 bridgehead atoms. The van der Waals surface area contributed by atoms with Gasteiger partial charge in [-0.2, -0.15) is 0 Å². The lowest BCUT2D eigenvalue weighted by Gasteiger charge is -2.30. The molecule has 0 aliphatic heterocycles. The maximum Gasteiger partial charge on any atom is 0.311 e. The number of carbonyl (C=O) groups is 1. The van der Waals surface area contributed by atoms with Gasteiger partial charge < -0.3 is 4.74 Å². The first kappa shape index (κ1) is 21.5. The van der Waals surface area contributed by atoms with Crippen molar-refractivity contribution in [1.82, 2.24) is 0 Å². The Hall–Kier alpha value is -1.80. The van der Waals surface area contributed by atoms with E-state index in [2.05, 4.69) is 61.5 Å². The molecule has 0 saturated heterocycles. The van der Waals surface area contributed by atoms with E-state index in [0.717, 1.165) is 24.8 Å². The van der Waals surface area contributed by atoms with Gasteiger partial charge in [0.2, 0.25) is 0 Å². The minimum Gasteiger partial charge on any atom is -0.469 e. The number of ether oxygens (including phenoxy) is 1. The Kier molecular flexibility index (Phi) is 7.91. The van der Waals surface area contributed by atoms with Crippen LogP contribution in [0.3, 0.4) is 0 Å². The van der Waals surface area contributed by atoms with E-state index >= 15 is 0 Å². The zero-order chi connectivity index (χ0) is 19.9. The third-order valence-electron chi connectivity index (χ3n) is 5.43. The van der Waals surface area contributed by atoms with Crippen LogP contribution < -0.4 is 0 Å². The average Bonchev–Trinajstić information content (AvgIpc) is 2.71. The normalized spacial score (nSPS) is 13.8. The second kappa shape index (κ2) is 9.94. The van der Waals surface area contributed by atoms with Crippen LogP contribution in [0.1, 0.15) is 68.6 Å². The van der Waals surface area contributed by atoms with Crippen molar-refractivity contribution in [3.8, 4) is 0 Å². The van der Waals surface area contributed by atoms with Crippen LogP contribution in [0.5, 0.6) is 0 Å². The van der Waals surface area contributed by atoms with E-state index < -0.39 is 5.41 Å². The van der Waals surface area contributed by atoms with Crippen LogP contribution in [0.4, 0.5) is 0 Å². The molecule has 0 spiro atoms. The van der Waals surface area contributed by atoms with Gasteiger partial charge in [-0.05, 0) is 61.6 Å². The van der Waals surface area contributed by atoms with Crippen molar-refractivity contribution in [2.24, 2.45) is 5.41 Å². The summed E-state index contributed by atoms with van der Waals surface area (Å²) in [4.78, 5) is 12.3. The van der Waals surface area contributed by atoms with Crippen molar-refractivity contribution in [1.29, 1.82) is 0 Å². The third kappa shape index (κ3) is 5.84. The maximum absolute atomic E-state index is 12.3. The highest BCUT2D eigenvalue weighted by Gasteiger charge is 2.33. The van der Waals surface area contributed by atoms with E-state index in [1.165, 1.54) is 18.2 Å². The first-order valence-corrected chi connectivity index (χ1v) is 10.2. The molecule has 0 aliphatic carbocycles. The fourth-order valence-electron chi connectivity index (χ4n) is 3.80. The first-order chi connectivity index (χ1) is 12.9. The largest absolute Gasteiger partial charge is 0.469 e. The summed E-state index contributed by atoms with van der Waals surface area (Å²) in [6, 6.07) is 19.1. The number of hydrogen-bond acceptors (Lipinski definition) is 2. The second-order valence-electron chi connectivity index (χ2n) is 7.90. The van der Waals surface area contributed by atoms with Crippen LogP contribution in [0.15, 0.2) is 54.6 Å². The summed E-state index contributed by atoms with van der Waals surface area (Å²) in [7, 11) is 1.47. The molecule has 0 aromatic heterocycles. The maximum atomic E-state index is 12.3. The molecule has 2 atom stereocenters. The summed E-state index contributed by atoms with van der Waals surface area (Å²) in [5, 5.41) is 0. The van der Waals surface area contributed by atoms with E-state index in [9.17, 15) is 4.79 Å². The van der Waals surface area contributed by atoms with Gasteiger partial charge in [0, 0.05) is 5.88 Å². The van der Waals surface area contributed by atoms with Crippen molar-refractivity contribution in [2.45, 2.75) is 57.7 Å². The summed E-state index contributed by atoms with van der Waals surface area (Å²) in [5.41, 5.74) is 3.20. The Morgan fingerprint density at radius 2 is 1.59 bits per heavy atom. The van der Waals surface area contributed by atoms with Crippen molar-refractivity contribution < 1.29 is 9.53 Å². The SMILES string of the molecule is CCC(CC(CC(C)(C)C(=O)OC)c1ccc(CCl)cc1)c1ccccc1. The monoisotopic (exact) mass is 386 g/mol. The molecule has 2 aromatic carbocycles. The van der Waals surface area contributed by atoms with Crippen LogP contribution in [-0.2, 0) is 15.4 Å². The number of methoxy groups -OCH3 is 1. The summed E-state index contributed by atoms with van der Waals surface area (Å²) >= 11 is 5.95. The number of esters is 1. The summed E-state index contributed by atoms with van der Waals surface area (Å²) in [5.74, 6) is 1.09. The van der Waals surface area contributed by atoms with Crippen molar-refractivity contribution in [2.75, 3.05) is 7.11 Å². The molecule has 0 N–H and O–H groups in total. The van der Waals surface area contributed by atoms with Crippen molar-refractivity contribution in [3.63, 3.8) is 0 Å². The Labute approximate surface area is 168 Å². The molecule has 27 heavy (non-hydrogen) atoms. The van der Waals surface area contributed by atoms with E-state index in [4.69, 9.17) is 16.3 Å². The summed E-state index contributed by atoms with van der Waals surface area (Å²) in [6.45, 7) is 6.18. The average molecular weight is 387 g/mol. The van der Waals surface area contributed by atoms with Gasteiger partial charge in [-0.15, -0.1) is 11.6 Å². The van der Waals surface area contributed by atoms with Crippen molar-refractivity contribution >= 4 is 17.6 Å². The van der Waals surface area contributed by atoms with Gasteiger partial charge in [0.25, 0.3) is 0 Å². The molecule has 2 nitrogen and oxygen atoms in total. The standard InChI is InChI=1S/C24H31ClO2/c1-5-19(20-9-7-6-8-10-20)15-22(16-24(2,3)23(26)27-4)21-13-11-18(17-25)12-14-21/h6-14,19,22H,5,15-17H2,1-4H3. The highest BCUT2D eigenvalue weighted by atomic mass is 35.5. The van der Waals surface area contributed by atoms with Crippen LogP contribution in [0.2, 0.25) is 0 Å². The highest BCUT2D eigenvalue weighted by Crippen LogP contribution is 2.40. The van der Waals surface area contributed by atoms with Gasteiger partial charge in [-0.25, -0.2) is 0 Å². The van der Waals surface area contributed by atoms with Crippen molar-refractivity contribution in [3.05, 3.63) is 71.3 Å². The number of benzene rings is 2. The molecule has 2 aromatic rings. The van der Waals surface area contributed by atoms with Crippen LogP contribution in [0, 0.1) is 5.41 Å². The Morgan fingerprint density at radius 3 is 2.11 bits per heavy atom. The third-order valence-corrected chi connectivity index (χ3v) is 5.74. The number of carbonyl (C=O) groups excluding carboxylic acids is 1. The molecule has 0 aliphatic rings. The number of rotatable bonds is 9. The zero-order valence-electron chi connectivity index (χ0n) is 16.9. The molecular weight excluding hydrogens is 356 g/mol. The molecule has 0 radical (unpaired) electrons. The molecule has 0 saturated carbocycles. The number of hydrogen-bond donors (Lipinski definition) is 0. The number of halogens is 1. The number of alkyl halides is 1. The summed E-state index contributed by atoms with van der Waals surface area (Å²) in [6.07, 6.45) is 2.82. The fraction of sp³-hybridized carbons (Fsp3) is 0.458. The molecule has 3 heteroatoms. The molecule has 0 amide bonds. The van der Waals surface area contributed by atoms with E-state index in [1.54, 1.807) is 0 Å². The van der Waals surface area contributed by atoms with E-state index in [0.29, 0.717) is 11.8 Å². The smallest absolute Gasteiger partial charge is 0.311 e. The predicted molar refractivity (Wildman–Crippen MR) is 113 cm³/mol. The minimum absolute atomic E-state index is 0.155. The van der Waals surface area contributed by atoms with Crippen LogP contribution >= 0.6 is 11.6 Å². The van der Waals surface area contributed by atoms with Gasteiger partial charge in [0.05, 0.1) is 12.5 Å². The molecule has 2 rings (SSSR count). The lowest BCUT2D eigenvalue weighted by Crippen LogP contribution is -2.28.